The molecule has 0 nitrogen and oxygen atoms in total. The summed E-state index contributed by atoms with van der Waals surface area (Å²) < 4.78 is 0. The van der Waals surface area contributed by atoms with Gasteiger partial charge in [0.15, 0.2) is 0 Å². The van der Waals surface area contributed by atoms with Crippen molar-refractivity contribution in [3.8, 4) is 0 Å². The fourth-order valence-electron chi connectivity index (χ4n) is 0.776. The summed E-state index contributed by atoms with van der Waals surface area (Å²) in [7, 11) is 0. The largest absolute Gasteiger partial charge is 0.143 e. The summed E-state index contributed by atoms with van der Waals surface area (Å²) in [6, 6.07) is 10.1. The van der Waals surface area contributed by atoms with Crippen molar-refractivity contribution < 1.29 is 0 Å². The Morgan fingerprint density at radius 1 is 1.17 bits per heavy atom. The van der Waals surface area contributed by atoms with Crippen LogP contribution in [-0.4, -0.2) is 0 Å². The molecule has 1 rings (SSSR count). The maximum atomic E-state index is 4.28. The molecule has 0 aliphatic rings. The molecule has 0 fully saturated rings. The van der Waals surface area contributed by atoms with Crippen LogP contribution in [0.15, 0.2) is 36.4 Å². The number of rotatable bonds is 1. The molecule has 1 aromatic carbocycles. The van der Waals surface area contributed by atoms with Crippen LogP contribution < -0.4 is 0 Å². The number of allylic oxidation sites excluding steroid dienone is 1. The summed E-state index contributed by atoms with van der Waals surface area (Å²) in [6.45, 7) is 5.98. The molecule has 0 aliphatic carbocycles. The first kappa shape index (κ1) is 11.3. The Hall–Kier alpha value is -0.690. The monoisotopic (exact) mass is 180 g/mol. The van der Waals surface area contributed by atoms with Crippen LogP contribution in [0.25, 0.3) is 4.91 Å². The van der Waals surface area contributed by atoms with Crippen molar-refractivity contribution in [2.45, 2.75) is 20.8 Å². The maximum Gasteiger partial charge on any atom is 0.00697 e. The van der Waals surface area contributed by atoms with Gasteiger partial charge in [0.25, 0.3) is 0 Å². The summed E-state index contributed by atoms with van der Waals surface area (Å²) in [5.74, 6) is 0. The van der Waals surface area contributed by atoms with Crippen molar-refractivity contribution >= 4 is 17.5 Å². The first-order valence-electron chi connectivity index (χ1n) is 4.25. The van der Waals surface area contributed by atoms with E-state index in [1.807, 2.05) is 57.2 Å². The molecule has 0 amide bonds. The van der Waals surface area contributed by atoms with E-state index in [1.165, 1.54) is 5.56 Å². The lowest BCUT2D eigenvalue weighted by molar-refractivity contribution is 1.50. The predicted octanol–water partition coefficient (Wildman–Crippen LogP) is 4.00. The summed E-state index contributed by atoms with van der Waals surface area (Å²) in [6.07, 6.45) is 1.98. The highest BCUT2D eigenvalue weighted by atomic mass is 32.1. The molecule has 0 saturated heterocycles. The third kappa shape index (κ3) is 3.63. The van der Waals surface area contributed by atoms with Gasteiger partial charge in [-0.2, -0.15) is 0 Å². The average molecular weight is 180 g/mol. The second-order valence-electron chi connectivity index (χ2n) is 2.04. The number of benzene rings is 1. The molecule has 1 heteroatoms. The van der Waals surface area contributed by atoms with Gasteiger partial charge in [-0.1, -0.05) is 50.3 Å². The van der Waals surface area contributed by atoms with E-state index in [1.54, 1.807) is 0 Å². The van der Waals surface area contributed by atoms with Crippen molar-refractivity contribution in [3.05, 3.63) is 42.0 Å². The number of thiol groups is 1. The van der Waals surface area contributed by atoms with Gasteiger partial charge in [0.1, 0.15) is 0 Å². The zero-order valence-electron chi connectivity index (χ0n) is 7.91. The Kier molecular flexibility index (Phi) is 6.58. The molecule has 0 unspecified atom stereocenters. The Balaban J connectivity index is 0.000000561. The number of hydrogen-bond acceptors (Lipinski definition) is 1. The Bertz CT molecular complexity index is 224. The standard InChI is InChI=1S/C9H10S.C2H6/c1-2-9(10)8-6-4-3-5-7-8;1-2/h2-7,10H,1H3;1-2H3/b9-2-;. The highest BCUT2D eigenvalue weighted by molar-refractivity contribution is 7.90. The van der Waals surface area contributed by atoms with Crippen LogP contribution in [0.5, 0.6) is 0 Å². The minimum absolute atomic E-state index is 1.03. The molecule has 0 heterocycles. The highest BCUT2D eigenvalue weighted by Crippen LogP contribution is 2.16. The van der Waals surface area contributed by atoms with Gasteiger partial charge < -0.3 is 0 Å². The first-order chi connectivity index (χ1) is 5.84. The van der Waals surface area contributed by atoms with E-state index >= 15 is 0 Å². The predicted molar refractivity (Wildman–Crippen MR) is 60.4 cm³/mol. The van der Waals surface area contributed by atoms with Crippen LogP contribution in [0.3, 0.4) is 0 Å². The SMILES string of the molecule is C/C=C(\S)c1ccccc1.CC. The van der Waals surface area contributed by atoms with Gasteiger partial charge in [0.2, 0.25) is 0 Å². The van der Waals surface area contributed by atoms with Gasteiger partial charge >= 0.3 is 0 Å². The zero-order valence-corrected chi connectivity index (χ0v) is 8.81. The lowest BCUT2D eigenvalue weighted by atomic mass is 10.2. The van der Waals surface area contributed by atoms with Crippen LogP contribution >= 0.6 is 12.6 Å². The summed E-state index contributed by atoms with van der Waals surface area (Å²) in [5.41, 5.74) is 1.17. The average Bonchev–Trinajstić information content (AvgIpc) is 2.21. The van der Waals surface area contributed by atoms with E-state index < -0.39 is 0 Å². The van der Waals surface area contributed by atoms with Crippen molar-refractivity contribution in [1.29, 1.82) is 0 Å². The molecule has 66 valence electrons. The van der Waals surface area contributed by atoms with Crippen molar-refractivity contribution in [1.82, 2.24) is 0 Å². The van der Waals surface area contributed by atoms with Gasteiger partial charge in [-0.3, -0.25) is 0 Å². The van der Waals surface area contributed by atoms with E-state index in [-0.39, 0.29) is 0 Å². The zero-order chi connectivity index (χ0) is 9.40. The summed E-state index contributed by atoms with van der Waals surface area (Å²) in [4.78, 5) is 1.03. The second-order valence-corrected chi connectivity index (χ2v) is 2.52. The van der Waals surface area contributed by atoms with E-state index in [0.717, 1.165) is 4.91 Å². The second kappa shape index (κ2) is 6.99. The van der Waals surface area contributed by atoms with E-state index in [4.69, 9.17) is 0 Å². The van der Waals surface area contributed by atoms with Gasteiger partial charge in [-0.15, -0.1) is 12.6 Å². The first-order valence-corrected chi connectivity index (χ1v) is 4.70. The fraction of sp³-hybridized carbons (Fsp3) is 0.273. The van der Waals surface area contributed by atoms with E-state index in [2.05, 4.69) is 12.6 Å². The van der Waals surface area contributed by atoms with Crippen molar-refractivity contribution in [3.63, 3.8) is 0 Å². The summed E-state index contributed by atoms with van der Waals surface area (Å²) in [5, 5.41) is 0. The van der Waals surface area contributed by atoms with E-state index in [0.29, 0.717) is 0 Å². The molecule has 0 spiro atoms. The van der Waals surface area contributed by atoms with Gasteiger partial charge in [0.05, 0.1) is 0 Å². The lowest BCUT2D eigenvalue weighted by Gasteiger charge is -1.96. The van der Waals surface area contributed by atoms with Gasteiger partial charge in [0, 0.05) is 4.91 Å². The molecule has 1 aromatic rings. The van der Waals surface area contributed by atoms with Crippen LogP contribution in [-0.2, 0) is 0 Å². The fourth-order valence-corrected chi connectivity index (χ4v) is 0.925. The van der Waals surface area contributed by atoms with Crippen LogP contribution in [0.2, 0.25) is 0 Å². The molecule has 12 heavy (non-hydrogen) atoms. The Morgan fingerprint density at radius 2 is 1.67 bits per heavy atom. The molecule has 0 radical (unpaired) electrons. The third-order valence-corrected chi connectivity index (χ3v) is 1.86. The molecule has 0 aliphatic heterocycles. The minimum Gasteiger partial charge on any atom is -0.143 e. The Labute approximate surface area is 80.7 Å². The third-order valence-electron chi connectivity index (χ3n) is 1.34. The van der Waals surface area contributed by atoms with Crippen molar-refractivity contribution in [2.75, 3.05) is 0 Å². The van der Waals surface area contributed by atoms with Crippen LogP contribution in [0.4, 0.5) is 0 Å². The normalized spacial score (nSPS) is 10.2. The van der Waals surface area contributed by atoms with Crippen LogP contribution in [0, 0.1) is 0 Å². The smallest absolute Gasteiger partial charge is 0.00697 e. The topological polar surface area (TPSA) is 0 Å². The molecule has 0 bridgehead atoms. The lowest BCUT2D eigenvalue weighted by Crippen LogP contribution is -1.72. The minimum atomic E-state index is 1.03. The van der Waals surface area contributed by atoms with Crippen molar-refractivity contribution in [2.24, 2.45) is 0 Å². The summed E-state index contributed by atoms with van der Waals surface area (Å²) >= 11 is 4.28. The highest BCUT2D eigenvalue weighted by Gasteiger charge is 1.89. The molecule has 0 N–H and O–H groups in total. The quantitative estimate of drug-likeness (QED) is 0.620. The Morgan fingerprint density at radius 3 is 2.08 bits per heavy atom. The molecule has 0 saturated carbocycles. The van der Waals surface area contributed by atoms with Gasteiger partial charge in [-0.05, 0) is 12.5 Å². The molecular formula is C11H16S. The molecule has 0 atom stereocenters. The number of hydrogen-bond donors (Lipinski definition) is 1. The maximum absolute atomic E-state index is 4.28. The molecular weight excluding hydrogens is 164 g/mol. The van der Waals surface area contributed by atoms with Gasteiger partial charge in [-0.25, -0.2) is 0 Å². The van der Waals surface area contributed by atoms with E-state index in [9.17, 15) is 0 Å². The van der Waals surface area contributed by atoms with Crippen LogP contribution in [0.1, 0.15) is 26.3 Å². The molecule has 0 aromatic heterocycles.